The van der Waals surface area contributed by atoms with Crippen LogP contribution in [0.4, 0.5) is 5.69 Å². The summed E-state index contributed by atoms with van der Waals surface area (Å²) in [5.74, 6) is -0.136. The van der Waals surface area contributed by atoms with E-state index in [-0.39, 0.29) is 11.7 Å². The van der Waals surface area contributed by atoms with Gasteiger partial charge in [0.25, 0.3) is 0 Å². The molecule has 1 aromatic rings. The van der Waals surface area contributed by atoms with E-state index in [9.17, 15) is 13.2 Å². The van der Waals surface area contributed by atoms with E-state index >= 15 is 0 Å². The van der Waals surface area contributed by atoms with E-state index in [1.165, 1.54) is 9.87 Å². The molecule has 8 heteroatoms. The first-order chi connectivity index (χ1) is 13.9. The van der Waals surface area contributed by atoms with Gasteiger partial charge >= 0.3 is 0 Å². The van der Waals surface area contributed by atoms with Gasteiger partial charge < -0.3 is 10.2 Å². The van der Waals surface area contributed by atoms with Crippen LogP contribution in [0.15, 0.2) is 24.3 Å². The zero-order chi connectivity index (χ0) is 20.9. The van der Waals surface area contributed by atoms with Crippen LogP contribution in [0.5, 0.6) is 0 Å². The number of sulfonamides is 1. The first-order valence-electron chi connectivity index (χ1n) is 10.8. The summed E-state index contributed by atoms with van der Waals surface area (Å²) in [5.41, 5.74) is 1.94. The highest BCUT2D eigenvalue weighted by molar-refractivity contribution is 7.89. The van der Waals surface area contributed by atoms with Crippen molar-refractivity contribution in [1.82, 2.24) is 14.1 Å². The number of amides is 1. The van der Waals surface area contributed by atoms with Crippen LogP contribution in [0.1, 0.15) is 38.7 Å². The predicted octanol–water partition coefficient (Wildman–Crippen LogP) is 1.97. The number of piperazine rings is 1. The molecule has 2 saturated heterocycles. The molecule has 2 aliphatic heterocycles. The van der Waals surface area contributed by atoms with Crippen molar-refractivity contribution in [2.24, 2.45) is 0 Å². The molecule has 0 aliphatic carbocycles. The van der Waals surface area contributed by atoms with Gasteiger partial charge in [0.15, 0.2) is 0 Å². The van der Waals surface area contributed by atoms with Crippen molar-refractivity contribution in [2.75, 3.05) is 50.3 Å². The molecule has 2 heterocycles. The quantitative estimate of drug-likeness (QED) is 0.693. The fourth-order valence-electron chi connectivity index (χ4n) is 4.15. The minimum atomic E-state index is -3.36. The Hall–Kier alpha value is -1.48. The Morgan fingerprint density at radius 1 is 1.03 bits per heavy atom. The van der Waals surface area contributed by atoms with Gasteiger partial charge in [-0.15, -0.1) is 0 Å². The highest BCUT2D eigenvalue weighted by Crippen LogP contribution is 2.23. The van der Waals surface area contributed by atoms with Crippen molar-refractivity contribution < 1.29 is 13.2 Å². The summed E-state index contributed by atoms with van der Waals surface area (Å²) in [5, 5.41) is 2.91. The van der Waals surface area contributed by atoms with E-state index < -0.39 is 16.1 Å². The van der Waals surface area contributed by atoms with Crippen LogP contribution >= 0.6 is 0 Å². The summed E-state index contributed by atoms with van der Waals surface area (Å²) in [6, 6.07) is 7.32. The standard InChI is InChI=1S/C21H34N4O3S/c1-3-16-29(27,28)25-11-5-6-20(25)21(26)22-19-9-7-18(8-10-19)17-24-14-12-23(4-2)13-15-24/h7-10,20H,3-6,11-17H2,1-2H3,(H,22,26). The van der Waals surface area contributed by atoms with Gasteiger partial charge in [-0.25, -0.2) is 8.42 Å². The molecule has 2 fully saturated rings. The van der Waals surface area contributed by atoms with E-state index in [0.29, 0.717) is 25.1 Å². The zero-order valence-corrected chi connectivity index (χ0v) is 18.5. The van der Waals surface area contributed by atoms with Gasteiger partial charge in [0.2, 0.25) is 15.9 Å². The SMILES string of the molecule is CCCS(=O)(=O)N1CCCC1C(=O)Nc1ccc(CN2CCN(CC)CC2)cc1. The van der Waals surface area contributed by atoms with Gasteiger partial charge in [0.1, 0.15) is 6.04 Å². The number of nitrogens with one attached hydrogen (secondary N) is 1. The Bertz CT molecular complexity index is 774. The van der Waals surface area contributed by atoms with E-state index in [4.69, 9.17) is 0 Å². The number of benzene rings is 1. The molecule has 1 aromatic carbocycles. The van der Waals surface area contributed by atoms with E-state index in [1.54, 1.807) is 0 Å². The molecule has 0 bridgehead atoms. The van der Waals surface area contributed by atoms with Gasteiger partial charge in [-0.05, 0) is 43.5 Å². The molecule has 3 rings (SSSR count). The summed E-state index contributed by atoms with van der Waals surface area (Å²) in [6.07, 6.45) is 1.87. The molecule has 1 atom stereocenters. The number of anilines is 1. The van der Waals surface area contributed by atoms with E-state index in [1.807, 2.05) is 31.2 Å². The number of hydrogen-bond acceptors (Lipinski definition) is 5. The molecule has 1 N–H and O–H groups in total. The number of carbonyl (C=O) groups excluding carboxylic acids is 1. The molecule has 1 unspecified atom stereocenters. The van der Waals surface area contributed by atoms with Crippen LogP contribution in [0, 0.1) is 0 Å². The Balaban J connectivity index is 1.54. The van der Waals surface area contributed by atoms with E-state index in [0.717, 1.165) is 45.7 Å². The molecule has 0 radical (unpaired) electrons. The Kier molecular flexibility index (Phi) is 7.67. The normalized spacial score (nSPS) is 22.1. The van der Waals surface area contributed by atoms with Crippen LogP contribution in [0.2, 0.25) is 0 Å². The maximum absolute atomic E-state index is 12.7. The van der Waals surface area contributed by atoms with Crippen molar-refractivity contribution in [2.45, 2.75) is 45.7 Å². The molecule has 0 spiro atoms. The third-order valence-corrected chi connectivity index (χ3v) is 7.94. The second kappa shape index (κ2) is 10.0. The van der Waals surface area contributed by atoms with Crippen molar-refractivity contribution in [1.29, 1.82) is 0 Å². The fraction of sp³-hybridized carbons (Fsp3) is 0.667. The Morgan fingerprint density at radius 2 is 1.69 bits per heavy atom. The maximum atomic E-state index is 12.7. The summed E-state index contributed by atoms with van der Waals surface area (Å²) in [4.78, 5) is 17.6. The predicted molar refractivity (Wildman–Crippen MR) is 116 cm³/mol. The molecule has 0 saturated carbocycles. The van der Waals surface area contributed by atoms with Crippen LogP contribution in [-0.4, -0.2) is 79.5 Å². The van der Waals surface area contributed by atoms with Gasteiger partial charge in [0.05, 0.1) is 5.75 Å². The van der Waals surface area contributed by atoms with Crippen LogP contribution < -0.4 is 5.32 Å². The Morgan fingerprint density at radius 3 is 2.31 bits per heavy atom. The first kappa shape index (κ1) is 22.2. The lowest BCUT2D eigenvalue weighted by Crippen LogP contribution is -2.45. The summed E-state index contributed by atoms with van der Waals surface area (Å²) in [7, 11) is -3.36. The topological polar surface area (TPSA) is 73.0 Å². The average Bonchev–Trinajstić information content (AvgIpc) is 3.21. The van der Waals surface area contributed by atoms with Gasteiger partial charge in [-0.1, -0.05) is 26.0 Å². The highest BCUT2D eigenvalue weighted by atomic mass is 32.2. The van der Waals surface area contributed by atoms with Gasteiger partial charge in [-0.3, -0.25) is 9.69 Å². The number of nitrogens with zero attached hydrogens (tertiary/aromatic N) is 3. The van der Waals surface area contributed by atoms with Crippen LogP contribution in [0.25, 0.3) is 0 Å². The molecular formula is C21H34N4O3S. The van der Waals surface area contributed by atoms with Crippen molar-refractivity contribution in [3.05, 3.63) is 29.8 Å². The fourth-order valence-corrected chi connectivity index (χ4v) is 5.90. The van der Waals surface area contributed by atoms with E-state index in [2.05, 4.69) is 22.0 Å². The lowest BCUT2D eigenvalue weighted by molar-refractivity contribution is -0.119. The summed E-state index contributed by atoms with van der Waals surface area (Å²) >= 11 is 0. The van der Waals surface area contributed by atoms with Crippen LogP contribution in [0.3, 0.4) is 0 Å². The monoisotopic (exact) mass is 422 g/mol. The van der Waals surface area contributed by atoms with Crippen molar-refractivity contribution in [3.63, 3.8) is 0 Å². The lowest BCUT2D eigenvalue weighted by Gasteiger charge is -2.34. The number of rotatable bonds is 8. The third-order valence-electron chi connectivity index (χ3n) is 5.87. The molecule has 2 aliphatic rings. The number of carbonyl (C=O) groups is 1. The summed E-state index contributed by atoms with van der Waals surface area (Å²) < 4.78 is 26.2. The van der Waals surface area contributed by atoms with Crippen LogP contribution in [-0.2, 0) is 21.4 Å². The third kappa shape index (κ3) is 5.78. The molecule has 29 heavy (non-hydrogen) atoms. The second-order valence-corrected chi connectivity index (χ2v) is 10.0. The van der Waals surface area contributed by atoms with Gasteiger partial charge in [-0.2, -0.15) is 4.31 Å². The second-order valence-electron chi connectivity index (χ2n) is 7.98. The molecular weight excluding hydrogens is 388 g/mol. The number of likely N-dealkylation sites (N-methyl/N-ethyl adjacent to an activating group) is 1. The first-order valence-corrected chi connectivity index (χ1v) is 12.4. The number of hydrogen-bond donors (Lipinski definition) is 1. The molecule has 0 aromatic heterocycles. The highest BCUT2D eigenvalue weighted by Gasteiger charge is 2.38. The zero-order valence-electron chi connectivity index (χ0n) is 17.6. The lowest BCUT2D eigenvalue weighted by atomic mass is 10.1. The smallest absolute Gasteiger partial charge is 0.242 e. The van der Waals surface area contributed by atoms with Gasteiger partial charge in [0, 0.05) is 45.0 Å². The molecule has 1 amide bonds. The maximum Gasteiger partial charge on any atom is 0.242 e. The van der Waals surface area contributed by atoms with Crippen molar-refractivity contribution >= 4 is 21.6 Å². The minimum Gasteiger partial charge on any atom is -0.325 e. The summed E-state index contributed by atoms with van der Waals surface area (Å²) in [6.45, 7) is 10.9. The largest absolute Gasteiger partial charge is 0.325 e. The molecule has 162 valence electrons. The van der Waals surface area contributed by atoms with Crippen molar-refractivity contribution in [3.8, 4) is 0 Å². The minimum absolute atomic E-state index is 0.0952. The average molecular weight is 423 g/mol. The molecule has 7 nitrogen and oxygen atoms in total. The Labute approximate surface area is 175 Å².